The van der Waals surface area contributed by atoms with E-state index in [9.17, 15) is 10.1 Å². The van der Waals surface area contributed by atoms with Crippen molar-refractivity contribution in [2.75, 3.05) is 13.7 Å². The molecule has 1 atom stereocenters. The predicted octanol–water partition coefficient (Wildman–Crippen LogP) is 5.78. The molecule has 0 aliphatic rings. The van der Waals surface area contributed by atoms with E-state index in [1.807, 2.05) is 54.6 Å². The maximum atomic E-state index is 12.9. The van der Waals surface area contributed by atoms with Crippen LogP contribution < -0.4 is 4.74 Å². The summed E-state index contributed by atoms with van der Waals surface area (Å²) in [6.07, 6.45) is 4.19. The first kappa shape index (κ1) is 22.2. The number of methoxy groups -OCH3 is 1. The molecule has 29 heavy (non-hydrogen) atoms. The van der Waals surface area contributed by atoms with Gasteiger partial charge in [-0.2, -0.15) is 5.26 Å². The van der Waals surface area contributed by atoms with Gasteiger partial charge in [0.15, 0.2) is 0 Å². The summed E-state index contributed by atoms with van der Waals surface area (Å²) in [6.45, 7) is 4.59. The zero-order valence-electron chi connectivity index (χ0n) is 17.5. The summed E-state index contributed by atoms with van der Waals surface area (Å²) in [7, 11) is 1.60. The van der Waals surface area contributed by atoms with E-state index >= 15 is 0 Å². The standard InChI is InChI=1S/C25H29NO3/c1-4-6-10-19(5-2)18-29-25(27)23(17-26)24(20-11-8-7-9-12-20)21-13-15-22(28-3)16-14-21/h7-9,11-16,19H,4-6,10,18H2,1-3H3/b24-23-. The van der Waals surface area contributed by atoms with Gasteiger partial charge in [0.25, 0.3) is 0 Å². The lowest BCUT2D eigenvalue weighted by Gasteiger charge is -2.16. The lowest BCUT2D eigenvalue weighted by atomic mass is 9.93. The average molecular weight is 392 g/mol. The Morgan fingerprint density at radius 2 is 1.69 bits per heavy atom. The van der Waals surface area contributed by atoms with E-state index in [2.05, 4.69) is 19.9 Å². The van der Waals surface area contributed by atoms with Crippen LogP contribution in [0.5, 0.6) is 5.75 Å². The van der Waals surface area contributed by atoms with E-state index in [0.29, 0.717) is 23.8 Å². The van der Waals surface area contributed by atoms with Crippen molar-refractivity contribution in [1.82, 2.24) is 0 Å². The lowest BCUT2D eigenvalue weighted by molar-refractivity contribution is -0.139. The molecule has 152 valence electrons. The van der Waals surface area contributed by atoms with Crippen molar-refractivity contribution in [2.45, 2.75) is 39.5 Å². The Hall–Kier alpha value is -3.06. The van der Waals surface area contributed by atoms with Crippen LogP contribution in [0.25, 0.3) is 5.57 Å². The van der Waals surface area contributed by atoms with Crippen LogP contribution >= 0.6 is 0 Å². The van der Waals surface area contributed by atoms with Gasteiger partial charge in [-0.05, 0) is 35.6 Å². The number of benzene rings is 2. The minimum Gasteiger partial charge on any atom is -0.497 e. The lowest BCUT2D eigenvalue weighted by Crippen LogP contribution is -2.16. The summed E-state index contributed by atoms with van der Waals surface area (Å²) in [5.41, 5.74) is 2.15. The van der Waals surface area contributed by atoms with E-state index in [4.69, 9.17) is 9.47 Å². The molecule has 0 aliphatic carbocycles. The number of nitriles is 1. The minimum absolute atomic E-state index is 0.0201. The molecular formula is C25H29NO3. The Balaban J connectivity index is 2.38. The van der Waals surface area contributed by atoms with Gasteiger partial charge in [0.1, 0.15) is 17.4 Å². The summed E-state index contributed by atoms with van der Waals surface area (Å²) in [5, 5.41) is 9.82. The maximum absolute atomic E-state index is 12.9. The number of carbonyl (C=O) groups is 1. The highest BCUT2D eigenvalue weighted by Crippen LogP contribution is 2.29. The predicted molar refractivity (Wildman–Crippen MR) is 115 cm³/mol. The van der Waals surface area contributed by atoms with Crippen molar-refractivity contribution in [3.05, 3.63) is 71.3 Å². The molecule has 0 bridgehead atoms. The Morgan fingerprint density at radius 1 is 1.03 bits per heavy atom. The number of carbonyl (C=O) groups excluding carboxylic acids is 1. The van der Waals surface area contributed by atoms with Gasteiger partial charge in [-0.1, -0.05) is 75.6 Å². The molecule has 4 nitrogen and oxygen atoms in total. The monoisotopic (exact) mass is 391 g/mol. The maximum Gasteiger partial charge on any atom is 0.349 e. The molecule has 0 heterocycles. The first-order chi connectivity index (χ1) is 14.1. The van der Waals surface area contributed by atoms with Crippen molar-refractivity contribution < 1.29 is 14.3 Å². The second kappa shape index (κ2) is 11.7. The molecule has 4 heteroatoms. The van der Waals surface area contributed by atoms with Crippen LogP contribution in [0, 0.1) is 17.2 Å². The van der Waals surface area contributed by atoms with E-state index in [-0.39, 0.29) is 5.57 Å². The van der Waals surface area contributed by atoms with Crippen LogP contribution in [0.3, 0.4) is 0 Å². The van der Waals surface area contributed by atoms with Gasteiger partial charge in [0, 0.05) is 5.57 Å². The third kappa shape index (κ3) is 6.22. The van der Waals surface area contributed by atoms with Gasteiger partial charge in [-0.25, -0.2) is 4.79 Å². The summed E-state index contributed by atoms with van der Waals surface area (Å²) in [6, 6.07) is 18.9. The quantitative estimate of drug-likeness (QED) is 0.293. The smallest absolute Gasteiger partial charge is 0.349 e. The molecule has 0 aliphatic heterocycles. The minimum atomic E-state index is -0.572. The Morgan fingerprint density at radius 3 is 2.24 bits per heavy atom. The number of nitrogens with zero attached hydrogens (tertiary/aromatic N) is 1. The number of unbranched alkanes of at least 4 members (excludes halogenated alkanes) is 1. The van der Waals surface area contributed by atoms with E-state index < -0.39 is 5.97 Å². The number of ether oxygens (including phenoxy) is 2. The zero-order valence-corrected chi connectivity index (χ0v) is 17.5. The number of rotatable bonds is 10. The van der Waals surface area contributed by atoms with Crippen LogP contribution in [0.4, 0.5) is 0 Å². The molecule has 0 fully saturated rings. The third-order valence-electron chi connectivity index (χ3n) is 5.00. The highest BCUT2D eigenvalue weighted by Gasteiger charge is 2.21. The average Bonchev–Trinajstić information content (AvgIpc) is 2.78. The Kier molecular flexibility index (Phi) is 8.98. The van der Waals surface area contributed by atoms with Crippen LogP contribution in [0.1, 0.15) is 50.7 Å². The Labute approximate surface area is 173 Å². The van der Waals surface area contributed by atoms with Gasteiger partial charge in [-0.3, -0.25) is 0 Å². The molecule has 0 spiro atoms. The van der Waals surface area contributed by atoms with Crippen LogP contribution in [0.15, 0.2) is 60.2 Å². The van der Waals surface area contributed by atoms with Crippen molar-refractivity contribution in [2.24, 2.45) is 5.92 Å². The molecule has 1 unspecified atom stereocenters. The van der Waals surface area contributed by atoms with Gasteiger partial charge < -0.3 is 9.47 Å². The van der Waals surface area contributed by atoms with Crippen molar-refractivity contribution in [1.29, 1.82) is 5.26 Å². The number of esters is 1. The molecule has 2 aromatic rings. The van der Waals surface area contributed by atoms with E-state index in [1.54, 1.807) is 7.11 Å². The van der Waals surface area contributed by atoms with Gasteiger partial charge in [0.05, 0.1) is 13.7 Å². The van der Waals surface area contributed by atoms with Gasteiger partial charge in [0.2, 0.25) is 0 Å². The first-order valence-electron chi connectivity index (χ1n) is 10.2. The highest BCUT2D eigenvalue weighted by atomic mass is 16.5. The number of hydrogen-bond acceptors (Lipinski definition) is 4. The second-order valence-corrected chi connectivity index (χ2v) is 6.97. The van der Waals surface area contributed by atoms with Gasteiger partial charge >= 0.3 is 5.97 Å². The fourth-order valence-electron chi connectivity index (χ4n) is 3.19. The molecule has 0 aromatic heterocycles. The van der Waals surface area contributed by atoms with Crippen LogP contribution in [0.2, 0.25) is 0 Å². The van der Waals surface area contributed by atoms with Crippen LogP contribution in [-0.4, -0.2) is 19.7 Å². The molecule has 0 saturated carbocycles. The fraction of sp³-hybridized carbons (Fsp3) is 0.360. The number of hydrogen-bond donors (Lipinski definition) is 0. The SMILES string of the molecule is CCCCC(CC)COC(=O)/C(C#N)=C(/c1ccccc1)c1ccc(OC)cc1. The molecule has 2 rings (SSSR count). The van der Waals surface area contributed by atoms with Crippen molar-refractivity contribution in [3.63, 3.8) is 0 Å². The molecule has 2 aromatic carbocycles. The highest BCUT2D eigenvalue weighted by molar-refractivity contribution is 6.05. The van der Waals surface area contributed by atoms with Gasteiger partial charge in [-0.15, -0.1) is 0 Å². The van der Waals surface area contributed by atoms with Crippen molar-refractivity contribution >= 4 is 11.5 Å². The molecular weight excluding hydrogens is 362 g/mol. The summed E-state index contributed by atoms with van der Waals surface area (Å²) >= 11 is 0. The zero-order chi connectivity index (χ0) is 21.1. The van der Waals surface area contributed by atoms with Crippen LogP contribution in [-0.2, 0) is 9.53 Å². The third-order valence-corrected chi connectivity index (χ3v) is 5.00. The molecule has 0 N–H and O–H groups in total. The fourth-order valence-corrected chi connectivity index (χ4v) is 3.19. The summed E-state index contributed by atoms with van der Waals surface area (Å²) in [4.78, 5) is 12.9. The molecule has 0 saturated heterocycles. The van der Waals surface area contributed by atoms with E-state index in [0.717, 1.165) is 36.8 Å². The second-order valence-electron chi connectivity index (χ2n) is 6.97. The summed E-state index contributed by atoms with van der Waals surface area (Å²) in [5.74, 6) is 0.459. The summed E-state index contributed by atoms with van der Waals surface area (Å²) < 4.78 is 10.8. The van der Waals surface area contributed by atoms with Crippen molar-refractivity contribution in [3.8, 4) is 11.8 Å². The largest absolute Gasteiger partial charge is 0.497 e. The Bertz CT molecular complexity index is 848. The molecule has 0 radical (unpaired) electrons. The topological polar surface area (TPSA) is 59.3 Å². The normalized spacial score (nSPS) is 12.5. The molecule has 0 amide bonds. The van der Waals surface area contributed by atoms with E-state index in [1.165, 1.54) is 0 Å². The first-order valence-corrected chi connectivity index (χ1v) is 10.2.